The summed E-state index contributed by atoms with van der Waals surface area (Å²) in [6.07, 6.45) is 2.61. The fourth-order valence-electron chi connectivity index (χ4n) is 3.74. The van der Waals surface area contributed by atoms with Crippen molar-refractivity contribution >= 4 is 39.3 Å². The summed E-state index contributed by atoms with van der Waals surface area (Å²) in [7, 11) is 0. The third-order valence-corrected chi connectivity index (χ3v) is 6.56. The van der Waals surface area contributed by atoms with Crippen LogP contribution in [0.3, 0.4) is 0 Å². The second kappa shape index (κ2) is 5.99. The summed E-state index contributed by atoms with van der Waals surface area (Å²) < 4.78 is -0.730. The SMILES string of the molecule is NC(=O)C1(c2ccc3[nH]nc(-c4ccc5ccccc5c4)c3c2)CC=CS1. The highest BCUT2D eigenvalue weighted by atomic mass is 32.2. The highest BCUT2D eigenvalue weighted by molar-refractivity contribution is 8.04. The summed E-state index contributed by atoms with van der Waals surface area (Å²) in [6.45, 7) is 0. The smallest absolute Gasteiger partial charge is 0.238 e. The van der Waals surface area contributed by atoms with E-state index < -0.39 is 4.75 Å². The van der Waals surface area contributed by atoms with Crippen LogP contribution in [0.5, 0.6) is 0 Å². The second-order valence-electron chi connectivity index (χ2n) is 6.78. The number of aromatic amines is 1. The van der Waals surface area contributed by atoms with Gasteiger partial charge in [0.15, 0.2) is 0 Å². The Kier molecular flexibility index (Phi) is 3.58. The molecule has 1 amide bonds. The number of primary amides is 1. The molecule has 0 aliphatic carbocycles. The molecule has 1 unspecified atom stereocenters. The maximum Gasteiger partial charge on any atom is 0.238 e. The van der Waals surface area contributed by atoms with Crippen LogP contribution in [0, 0.1) is 0 Å². The Morgan fingerprint density at radius 1 is 1.07 bits per heavy atom. The third kappa shape index (κ3) is 2.46. The first-order valence-electron chi connectivity index (χ1n) is 8.78. The summed E-state index contributed by atoms with van der Waals surface area (Å²) in [5.41, 5.74) is 9.56. The van der Waals surface area contributed by atoms with Gasteiger partial charge in [0, 0.05) is 10.9 Å². The molecule has 3 N–H and O–H groups in total. The Hall–Kier alpha value is -3.05. The maximum atomic E-state index is 12.2. The van der Waals surface area contributed by atoms with Gasteiger partial charge in [-0.15, -0.1) is 11.8 Å². The van der Waals surface area contributed by atoms with Gasteiger partial charge in [0.1, 0.15) is 4.75 Å². The number of hydrogen-bond donors (Lipinski definition) is 2. The van der Waals surface area contributed by atoms with Gasteiger partial charge >= 0.3 is 0 Å². The Bertz CT molecular complexity index is 1220. The summed E-state index contributed by atoms with van der Waals surface area (Å²) >= 11 is 1.48. The lowest BCUT2D eigenvalue weighted by Crippen LogP contribution is -2.36. The molecule has 0 bridgehead atoms. The molecule has 5 heteroatoms. The Morgan fingerprint density at radius 2 is 1.93 bits per heavy atom. The van der Waals surface area contributed by atoms with E-state index in [0.717, 1.165) is 27.7 Å². The lowest BCUT2D eigenvalue weighted by Gasteiger charge is -2.24. The van der Waals surface area contributed by atoms with Crippen molar-refractivity contribution in [1.29, 1.82) is 0 Å². The molecule has 5 rings (SSSR count). The van der Waals surface area contributed by atoms with Crippen LogP contribution in [0.4, 0.5) is 0 Å². The molecule has 1 aliphatic heterocycles. The molecule has 0 spiro atoms. The fourth-order valence-corrected chi connectivity index (χ4v) is 4.73. The number of carbonyl (C=O) groups excluding carboxylic acids is 1. The average Bonchev–Trinajstić information content (AvgIpc) is 3.35. The molecule has 1 atom stereocenters. The highest BCUT2D eigenvalue weighted by Gasteiger charge is 2.40. The molecule has 0 radical (unpaired) electrons. The van der Waals surface area contributed by atoms with E-state index >= 15 is 0 Å². The predicted octanol–water partition coefficient (Wildman–Crippen LogP) is 4.71. The van der Waals surface area contributed by atoms with E-state index in [0.29, 0.717) is 6.42 Å². The number of fused-ring (bicyclic) bond motifs is 2. The number of thioether (sulfide) groups is 1. The van der Waals surface area contributed by atoms with Crippen molar-refractivity contribution in [3.05, 3.63) is 77.7 Å². The standard InChI is InChI=1S/C22H17N3OS/c23-21(26)22(10-3-11-27-22)17-8-9-19-18(13-17)20(25-24-19)16-7-6-14-4-1-2-5-15(14)12-16/h1-9,11-13H,10H2,(H2,23,26)(H,24,25). The van der Waals surface area contributed by atoms with E-state index in [1.165, 1.54) is 22.5 Å². The minimum atomic E-state index is -0.730. The van der Waals surface area contributed by atoms with E-state index in [9.17, 15) is 4.79 Å². The predicted molar refractivity (Wildman–Crippen MR) is 111 cm³/mol. The number of amides is 1. The number of nitrogens with zero attached hydrogens (tertiary/aromatic N) is 1. The monoisotopic (exact) mass is 371 g/mol. The molecule has 0 fully saturated rings. The molecule has 4 nitrogen and oxygen atoms in total. The second-order valence-corrected chi connectivity index (χ2v) is 7.98. The number of nitrogens with one attached hydrogen (secondary N) is 1. The zero-order valence-electron chi connectivity index (χ0n) is 14.5. The number of H-pyrrole nitrogens is 1. The zero-order valence-corrected chi connectivity index (χ0v) is 15.3. The quantitative estimate of drug-likeness (QED) is 0.548. The van der Waals surface area contributed by atoms with Crippen molar-refractivity contribution in [2.45, 2.75) is 11.2 Å². The molecule has 0 saturated heterocycles. The van der Waals surface area contributed by atoms with E-state index in [1.807, 2.05) is 41.8 Å². The van der Waals surface area contributed by atoms with E-state index in [-0.39, 0.29) is 5.91 Å². The van der Waals surface area contributed by atoms with Gasteiger partial charge in [0.25, 0.3) is 0 Å². The Balaban J connectivity index is 1.68. The third-order valence-electron chi connectivity index (χ3n) is 5.22. The van der Waals surface area contributed by atoms with E-state index in [2.05, 4.69) is 40.5 Å². The van der Waals surface area contributed by atoms with Crippen LogP contribution in [-0.4, -0.2) is 16.1 Å². The van der Waals surface area contributed by atoms with Gasteiger partial charge in [-0.25, -0.2) is 0 Å². The molecule has 2 heterocycles. The van der Waals surface area contributed by atoms with Crippen LogP contribution in [0.25, 0.3) is 32.9 Å². The topological polar surface area (TPSA) is 71.8 Å². The van der Waals surface area contributed by atoms with E-state index in [4.69, 9.17) is 5.73 Å². The maximum absolute atomic E-state index is 12.2. The van der Waals surface area contributed by atoms with Crippen LogP contribution in [0.1, 0.15) is 12.0 Å². The molecule has 1 aliphatic rings. The van der Waals surface area contributed by atoms with Crippen LogP contribution < -0.4 is 5.73 Å². The number of hydrogen-bond acceptors (Lipinski definition) is 3. The summed E-state index contributed by atoms with van der Waals surface area (Å²) in [5.74, 6) is -0.312. The minimum absolute atomic E-state index is 0.312. The summed E-state index contributed by atoms with van der Waals surface area (Å²) in [6, 6.07) is 20.6. The number of aromatic nitrogens is 2. The average molecular weight is 371 g/mol. The number of allylic oxidation sites excluding steroid dienone is 1. The number of benzene rings is 3. The lowest BCUT2D eigenvalue weighted by molar-refractivity contribution is -0.120. The van der Waals surface area contributed by atoms with Gasteiger partial charge in [0.2, 0.25) is 5.91 Å². The van der Waals surface area contributed by atoms with Gasteiger partial charge in [-0.1, -0.05) is 48.5 Å². The lowest BCUT2D eigenvalue weighted by atomic mass is 9.92. The number of rotatable bonds is 3. The van der Waals surface area contributed by atoms with Crippen molar-refractivity contribution in [2.75, 3.05) is 0 Å². The largest absolute Gasteiger partial charge is 0.368 e. The Labute approximate surface area is 160 Å². The van der Waals surface area contributed by atoms with Crippen molar-refractivity contribution < 1.29 is 4.79 Å². The van der Waals surface area contributed by atoms with E-state index in [1.54, 1.807) is 0 Å². The molecular formula is C22H17N3OS. The van der Waals surface area contributed by atoms with Gasteiger partial charge in [-0.2, -0.15) is 5.10 Å². The zero-order chi connectivity index (χ0) is 18.4. The molecule has 132 valence electrons. The molecule has 4 aromatic rings. The van der Waals surface area contributed by atoms with Crippen LogP contribution in [-0.2, 0) is 9.54 Å². The Morgan fingerprint density at radius 3 is 2.70 bits per heavy atom. The van der Waals surface area contributed by atoms with Crippen LogP contribution in [0.15, 0.2) is 72.1 Å². The molecule has 27 heavy (non-hydrogen) atoms. The highest BCUT2D eigenvalue weighted by Crippen LogP contribution is 2.46. The van der Waals surface area contributed by atoms with Crippen LogP contribution in [0.2, 0.25) is 0 Å². The first kappa shape index (κ1) is 16.1. The van der Waals surface area contributed by atoms with Crippen molar-refractivity contribution in [3.63, 3.8) is 0 Å². The first-order valence-corrected chi connectivity index (χ1v) is 9.66. The van der Waals surface area contributed by atoms with Crippen LogP contribution >= 0.6 is 11.8 Å². The molecule has 3 aromatic carbocycles. The van der Waals surface area contributed by atoms with Crippen molar-refractivity contribution in [3.8, 4) is 11.3 Å². The van der Waals surface area contributed by atoms with Gasteiger partial charge < -0.3 is 5.73 Å². The van der Waals surface area contributed by atoms with Crippen molar-refractivity contribution in [1.82, 2.24) is 10.2 Å². The van der Waals surface area contributed by atoms with Crippen molar-refractivity contribution in [2.24, 2.45) is 5.73 Å². The molecular weight excluding hydrogens is 354 g/mol. The minimum Gasteiger partial charge on any atom is -0.368 e. The van der Waals surface area contributed by atoms with Gasteiger partial charge in [-0.05, 0) is 46.4 Å². The van der Waals surface area contributed by atoms with Gasteiger partial charge in [-0.3, -0.25) is 9.89 Å². The summed E-state index contributed by atoms with van der Waals surface area (Å²) in [5, 5.41) is 13.0. The number of carbonyl (C=O) groups is 1. The summed E-state index contributed by atoms with van der Waals surface area (Å²) in [4.78, 5) is 12.2. The first-order chi connectivity index (χ1) is 13.2. The normalized spacial score (nSPS) is 19.1. The van der Waals surface area contributed by atoms with Gasteiger partial charge in [0.05, 0.1) is 11.2 Å². The number of nitrogens with two attached hydrogens (primary N) is 1. The molecule has 1 aromatic heterocycles. The fraction of sp³-hybridized carbons (Fsp3) is 0.0909. The molecule has 0 saturated carbocycles.